The maximum Gasteiger partial charge on any atom is 0.252 e. The van der Waals surface area contributed by atoms with Gasteiger partial charge < -0.3 is 15.4 Å². The minimum absolute atomic E-state index is 0.181. The van der Waals surface area contributed by atoms with E-state index in [4.69, 9.17) is 16.3 Å². The van der Waals surface area contributed by atoms with Gasteiger partial charge >= 0.3 is 0 Å². The van der Waals surface area contributed by atoms with Gasteiger partial charge in [0.15, 0.2) is 0 Å². The lowest BCUT2D eigenvalue weighted by Gasteiger charge is -2.18. The van der Waals surface area contributed by atoms with Gasteiger partial charge in [-0.25, -0.2) is 0 Å². The molecule has 0 bridgehead atoms. The molecule has 0 radical (unpaired) electrons. The minimum atomic E-state index is -0.181. The van der Waals surface area contributed by atoms with E-state index in [1.807, 2.05) is 13.0 Å². The van der Waals surface area contributed by atoms with Crippen molar-refractivity contribution in [3.05, 3.63) is 28.8 Å². The first kappa shape index (κ1) is 13.2. The Labute approximate surface area is 112 Å². The third kappa shape index (κ3) is 2.76. The Kier molecular flexibility index (Phi) is 4.09. The van der Waals surface area contributed by atoms with Crippen LogP contribution in [0, 0.1) is 0 Å². The zero-order chi connectivity index (χ0) is 13.1. The Hall–Kier alpha value is -1.26. The van der Waals surface area contributed by atoms with E-state index in [1.54, 1.807) is 19.2 Å². The highest BCUT2D eigenvalue weighted by Crippen LogP contribution is 2.23. The quantitative estimate of drug-likeness (QED) is 0.884. The molecule has 5 heteroatoms. The van der Waals surface area contributed by atoms with Crippen molar-refractivity contribution in [1.29, 1.82) is 0 Å². The van der Waals surface area contributed by atoms with E-state index in [0.717, 1.165) is 18.7 Å². The maximum atomic E-state index is 11.6. The molecule has 98 valence electrons. The summed E-state index contributed by atoms with van der Waals surface area (Å²) in [5.41, 5.74) is 1.37. The lowest BCUT2D eigenvalue weighted by atomic mass is 10.1. The first-order chi connectivity index (χ1) is 8.61. The summed E-state index contributed by atoms with van der Waals surface area (Å²) in [5, 5.41) is 6.40. The molecule has 0 saturated carbocycles. The van der Waals surface area contributed by atoms with Gasteiger partial charge in [-0.05, 0) is 31.5 Å². The van der Waals surface area contributed by atoms with Crippen LogP contribution in [0.1, 0.15) is 23.7 Å². The highest BCUT2D eigenvalue weighted by Gasteiger charge is 2.24. The van der Waals surface area contributed by atoms with E-state index in [2.05, 4.69) is 10.6 Å². The van der Waals surface area contributed by atoms with Crippen molar-refractivity contribution in [3.8, 4) is 0 Å². The van der Waals surface area contributed by atoms with Crippen LogP contribution in [0.3, 0.4) is 0 Å². The number of amides is 1. The van der Waals surface area contributed by atoms with Crippen LogP contribution < -0.4 is 10.6 Å². The summed E-state index contributed by atoms with van der Waals surface area (Å²) in [6.07, 6.45) is 1.16. The van der Waals surface area contributed by atoms with Crippen molar-refractivity contribution in [2.45, 2.75) is 25.5 Å². The van der Waals surface area contributed by atoms with Crippen molar-refractivity contribution in [2.75, 3.05) is 19.0 Å². The molecular formula is C13H17ClN2O2. The smallest absolute Gasteiger partial charge is 0.252 e. The van der Waals surface area contributed by atoms with Crippen LogP contribution >= 0.6 is 11.6 Å². The van der Waals surface area contributed by atoms with E-state index in [-0.39, 0.29) is 18.1 Å². The van der Waals surface area contributed by atoms with Crippen molar-refractivity contribution in [2.24, 2.45) is 0 Å². The Morgan fingerprint density at radius 1 is 1.50 bits per heavy atom. The van der Waals surface area contributed by atoms with E-state index in [9.17, 15) is 4.79 Å². The van der Waals surface area contributed by atoms with Crippen LogP contribution in [0.15, 0.2) is 18.2 Å². The zero-order valence-electron chi connectivity index (χ0n) is 10.5. The zero-order valence-corrected chi connectivity index (χ0v) is 11.3. The van der Waals surface area contributed by atoms with Gasteiger partial charge in [-0.15, -0.1) is 0 Å². The second-order valence-corrected chi connectivity index (χ2v) is 4.80. The molecule has 2 N–H and O–H groups in total. The Morgan fingerprint density at radius 2 is 2.28 bits per heavy atom. The number of hydrogen-bond acceptors (Lipinski definition) is 3. The van der Waals surface area contributed by atoms with Crippen molar-refractivity contribution in [3.63, 3.8) is 0 Å². The largest absolute Gasteiger partial charge is 0.380 e. The molecular weight excluding hydrogens is 252 g/mol. The van der Waals surface area contributed by atoms with Gasteiger partial charge in [0.1, 0.15) is 0 Å². The highest BCUT2D eigenvalue weighted by molar-refractivity contribution is 6.34. The fourth-order valence-electron chi connectivity index (χ4n) is 2.06. The fourth-order valence-corrected chi connectivity index (χ4v) is 2.26. The lowest BCUT2D eigenvalue weighted by Crippen LogP contribution is -2.27. The Bertz CT molecular complexity index is 451. The Balaban J connectivity index is 2.16. The monoisotopic (exact) mass is 268 g/mol. The SMILES string of the molecule is CNC(=O)c1cc(NC2CCOC2C)ccc1Cl. The average molecular weight is 269 g/mol. The number of carbonyl (C=O) groups excluding carboxylic acids is 1. The van der Waals surface area contributed by atoms with E-state index in [1.165, 1.54) is 0 Å². The summed E-state index contributed by atoms with van der Waals surface area (Å²) in [6.45, 7) is 2.81. The molecule has 1 fully saturated rings. The van der Waals surface area contributed by atoms with E-state index < -0.39 is 0 Å². The number of ether oxygens (including phenoxy) is 1. The summed E-state index contributed by atoms with van der Waals surface area (Å²) in [6, 6.07) is 5.66. The van der Waals surface area contributed by atoms with Gasteiger partial charge in [0, 0.05) is 19.3 Å². The van der Waals surface area contributed by atoms with Crippen LogP contribution in [0.4, 0.5) is 5.69 Å². The van der Waals surface area contributed by atoms with Crippen LogP contribution in [-0.4, -0.2) is 31.7 Å². The van der Waals surface area contributed by atoms with Gasteiger partial charge in [0.2, 0.25) is 0 Å². The standard InChI is InChI=1S/C13H17ClN2O2/c1-8-12(5-6-18-8)16-9-3-4-11(14)10(7-9)13(17)15-2/h3-4,7-8,12,16H,5-6H2,1-2H3,(H,15,17). The number of halogens is 1. The highest BCUT2D eigenvalue weighted by atomic mass is 35.5. The second-order valence-electron chi connectivity index (χ2n) is 4.39. The number of carbonyl (C=O) groups is 1. The van der Waals surface area contributed by atoms with Crippen molar-refractivity contribution in [1.82, 2.24) is 5.32 Å². The molecule has 2 atom stereocenters. The predicted molar refractivity (Wildman–Crippen MR) is 72.3 cm³/mol. The number of rotatable bonds is 3. The van der Waals surface area contributed by atoms with Gasteiger partial charge in [-0.2, -0.15) is 0 Å². The minimum Gasteiger partial charge on any atom is -0.380 e. The van der Waals surface area contributed by atoms with Crippen LogP contribution in [0.2, 0.25) is 5.02 Å². The first-order valence-corrected chi connectivity index (χ1v) is 6.39. The number of hydrogen-bond donors (Lipinski definition) is 2. The van der Waals surface area contributed by atoms with Crippen LogP contribution in [0.25, 0.3) is 0 Å². The third-order valence-corrected chi connectivity index (χ3v) is 3.50. The molecule has 0 aromatic heterocycles. The summed E-state index contributed by atoms with van der Waals surface area (Å²) >= 11 is 6.00. The summed E-state index contributed by atoms with van der Waals surface area (Å²) in [5.74, 6) is -0.181. The number of nitrogens with one attached hydrogen (secondary N) is 2. The predicted octanol–water partition coefficient (Wildman–Crippen LogP) is 2.29. The Morgan fingerprint density at radius 3 is 2.89 bits per heavy atom. The molecule has 0 spiro atoms. The molecule has 1 amide bonds. The summed E-state index contributed by atoms with van der Waals surface area (Å²) in [7, 11) is 1.59. The van der Waals surface area contributed by atoms with E-state index in [0.29, 0.717) is 10.6 Å². The van der Waals surface area contributed by atoms with Gasteiger partial charge in [0.05, 0.1) is 22.7 Å². The maximum absolute atomic E-state index is 11.6. The topological polar surface area (TPSA) is 50.4 Å². The molecule has 1 aromatic rings. The number of anilines is 1. The molecule has 2 rings (SSSR count). The van der Waals surface area contributed by atoms with Crippen molar-refractivity contribution < 1.29 is 9.53 Å². The molecule has 1 aliphatic rings. The van der Waals surface area contributed by atoms with Crippen molar-refractivity contribution >= 4 is 23.2 Å². The summed E-state index contributed by atoms with van der Waals surface area (Å²) in [4.78, 5) is 11.6. The fraction of sp³-hybridized carbons (Fsp3) is 0.462. The molecule has 2 unspecified atom stereocenters. The second kappa shape index (κ2) is 5.59. The average Bonchev–Trinajstić information content (AvgIpc) is 2.76. The summed E-state index contributed by atoms with van der Waals surface area (Å²) < 4.78 is 5.49. The molecule has 4 nitrogen and oxygen atoms in total. The van der Waals surface area contributed by atoms with Gasteiger partial charge in [-0.3, -0.25) is 4.79 Å². The molecule has 1 aliphatic heterocycles. The molecule has 1 heterocycles. The molecule has 18 heavy (non-hydrogen) atoms. The van der Waals surface area contributed by atoms with Gasteiger partial charge in [-0.1, -0.05) is 11.6 Å². The normalized spacial score (nSPS) is 22.8. The van der Waals surface area contributed by atoms with E-state index >= 15 is 0 Å². The third-order valence-electron chi connectivity index (χ3n) is 3.17. The van der Waals surface area contributed by atoms with Gasteiger partial charge in [0.25, 0.3) is 5.91 Å². The van der Waals surface area contributed by atoms with Crippen LogP contribution in [-0.2, 0) is 4.74 Å². The molecule has 1 saturated heterocycles. The molecule has 1 aromatic carbocycles. The first-order valence-electron chi connectivity index (χ1n) is 6.01. The molecule has 0 aliphatic carbocycles. The van der Waals surface area contributed by atoms with Crippen LogP contribution in [0.5, 0.6) is 0 Å². The number of benzene rings is 1. The lowest BCUT2D eigenvalue weighted by molar-refractivity contribution is 0.0963.